The molecule has 0 saturated carbocycles. The summed E-state index contributed by atoms with van der Waals surface area (Å²) in [7, 11) is 1.92. The van der Waals surface area contributed by atoms with Crippen LogP contribution in [0.1, 0.15) is 32.0 Å². The smallest absolute Gasteiger partial charge is 0.0833 e. The van der Waals surface area contributed by atoms with Crippen molar-refractivity contribution in [3.8, 4) is 0 Å². The molecule has 74 valence electrons. The number of aromatic nitrogens is 2. The number of nitrogens with zero attached hydrogens (tertiary/aromatic N) is 2. The highest BCUT2D eigenvalue weighted by molar-refractivity contribution is 6.31. The van der Waals surface area contributed by atoms with Crippen LogP contribution < -0.4 is 5.32 Å². The molecule has 4 heteroatoms. The van der Waals surface area contributed by atoms with Crippen LogP contribution >= 0.6 is 11.6 Å². The topological polar surface area (TPSA) is 29.9 Å². The molecule has 0 amide bonds. The average Bonchev–Trinajstić information content (AvgIpc) is 2.43. The first-order valence-corrected chi connectivity index (χ1v) is 4.99. The molecule has 1 N–H and O–H groups in total. The molecule has 1 unspecified atom stereocenters. The number of aryl methyl sites for hydroxylation is 1. The van der Waals surface area contributed by atoms with E-state index in [0.29, 0.717) is 6.04 Å². The summed E-state index contributed by atoms with van der Waals surface area (Å²) >= 11 is 6.03. The van der Waals surface area contributed by atoms with Crippen LogP contribution in [0, 0.1) is 0 Å². The summed E-state index contributed by atoms with van der Waals surface area (Å²) in [5.41, 5.74) is 1.08. The van der Waals surface area contributed by atoms with Crippen LogP contribution in [0.2, 0.25) is 5.02 Å². The Balaban J connectivity index is 2.89. The van der Waals surface area contributed by atoms with E-state index in [1.807, 2.05) is 11.7 Å². The van der Waals surface area contributed by atoms with Gasteiger partial charge in [-0.1, -0.05) is 25.4 Å². The van der Waals surface area contributed by atoms with Gasteiger partial charge in [0.2, 0.25) is 0 Å². The van der Waals surface area contributed by atoms with Crippen molar-refractivity contribution >= 4 is 11.6 Å². The summed E-state index contributed by atoms with van der Waals surface area (Å²) in [5, 5.41) is 8.23. The highest BCUT2D eigenvalue weighted by Crippen LogP contribution is 2.23. The van der Waals surface area contributed by atoms with Gasteiger partial charge in [-0.25, -0.2) is 0 Å². The molecule has 1 aromatic heterocycles. The number of nitrogens with one attached hydrogen (secondary N) is 1. The molecule has 0 aromatic carbocycles. The molecular weight excluding hydrogens is 186 g/mol. The third-order valence-corrected chi connectivity index (χ3v) is 2.42. The van der Waals surface area contributed by atoms with Crippen LogP contribution in [0.25, 0.3) is 0 Å². The SMILES string of the molecule is CCNC(CC)c1c(Cl)cnn1C. The lowest BCUT2D eigenvalue weighted by Crippen LogP contribution is -2.22. The van der Waals surface area contributed by atoms with Crippen LogP contribution in [0.3, 0.4) is 0 Å². The van der Waals surface area contributed by atoms with Gasteiger partial charge in [0.25, 0.3) is 0 Å². The maximum Gasteiger partial charge on any atom is 0.0833 e. The zero-order chi connectivity index (χ0) is 9.84. The van der Waals surface area contributed by atoms with E-state index in [9.17, 15) is 0 Å². The zero-order valence-electron chi connectivity index (χ0n) is 8.34. The molecule has 13 heavy (non-hydrogen) atoms. The van der Waals surface area contributed by atoms with Gasteiger partial charge in [0, 0.05) is 7.05 Å². The number of halogens is 1. The summed E-state index contributed by atoms with van der Waals surface area (Å²) in [6.45, 7) is 5.17. The maximum absolute atomic E-state index is 6.03. The Bertz CT molecular complexity index is 250. The van der Waals surface area contributed by atoms with E-state index in [1.54, 1.807) is 6.20 Å². The lowest BCUT2D eigenvalue weighted by Gasteiger charge is -2.16. The van der Waals surface area contributed by atoms with Crippen LogP contribution in [0.5, 0.6) is 0 Å². The van der Waals surface area contributed by atoms with Crippen LogP contribution in [0.4, 0.5) is 0 Å². The summed E-state index contributed by atoms with van der Waals surface area (Å²) < 4.78 is 1.83. The van der Waals surface area contributed by atoms with Crippen molar-refractivity contribution in [2.75, 3.05) is 6.54 Å². The van der Waals surface area contributed by atoms with Crippen molar-refractivity contribution in [3.63, 3.8) is 0 Å². The maximum atomic E-state index is 6.03. The van der Waals surface area contributed by atoms with E-state index >= 15 is 0 Å². The van der Waals surface area contributed by atoms with Crippen molar-refractivity contribution in [1.29, 1.82) is 0 Å². The predicted octanol–water partition coefficient (Wildman–Crippen LogP) is 2.13. The van der Waals surface area contributed by atoms with Gasteiger partial charge in [-0.3, -0.25) is 4.68 Å². The molecule has 0 fully saturated rings. The molecular formula is C9H16ClN3. The second-order valence-electron chi connectivity index (χ2n) is 3.02. The first kappa shape index (κ1) is 10.5. The van der Waals surface area contributed by atoms with Gasteiger partial charge in [0.1, 0.15) is 0 Å². The van der Waals surface area contributed by atoms with E-state index in [4.69, 9.17) is 11.6 Å². The summed E-state index contributed by atoms with van der Waals surface area (Å²) in [4.78, 5) is 0. The molecule has 0 saturated heterocycles. The molecule has 1 aromatic rings. The van der Waals surface area contributed by atoms with E-state index in [0.717, 1.165) is 23.7 Å². The van der Waals surface area contributed by atoms with Gasteiger partial charge in [-0.2, -0.15) is 5.10 Å². The first-order chi connectivity index (χ1) is 6.20. The molecule has 1 heterocycles. The Morgan fingerprint density at radius 1 is 1.62 bits per heavy atom. The third-order valence-electron chi connectivity index (χ3n) is 2.13. The van der Waals surface area contributed by atoms with Crippen molar-refractivity contribution in [2.45, 2.75) is 26.3 Å². The quantitative estimate of drug-likeness (QED) is 0.809. The normalized spacial score (nSPS) is 13.2. The Morgan fingerprint density at radius 2 is 2.31 bits per heavy atom. The van der Waals surface area contributed by atoms with Crippen molar-refractivity contribution in [2.24, 2.45) is 7.05 Å². The van der Waals surface area contributed by atoms with Crippen LogP contribution in [0.15, 0.2) is 6.20 Å². The van der Waals surface area contributed by atoms with Crippen LogP contribution in [-0.4, -0.2) is 16.3 Å². The Kier molecular flexibility index (Phi) is 3.75. The highest BCUT2D eigenvalue weighted by Gasteiger charge is 2.15. The minimum atomic E-state index is 0.310. The Morgan fingerprint density at radius 3 is 2.69 bits per heavy atom. The predicted molar refractivity (Wildman–Crippen MR) is 54.9 cm³/mol. The third kappa shape index (κ3) is 2.23. The molecule has 0 bridgehead atoms. The molecule has 1 rings (SSSR count). The van der Waals surface area contributed by atoms with E-state index in [2.05, 4.69) is 24.3 Å². The van der Waals surface area contributed by atoms with Gasteiger partial charge in [0.05, 0.1) is 23.0 Å². The zero-order valence-corrected chi connectivity index (χ0v) is 9.10. The van der Waals surface area contributed by atoms with Gasteiger partial charge in [-0.15, -0.1) is 0 Å². The standard InChI is InChI=1S/C9H16ClN3/c1-4-8(11-5-2)9-7(10)6-12-13(9)3/h6,8,11H,4-5H2,1-3H3. The highest BCUT2D eigenvalue weighted by atomic mass is 35.5. The second kappa shape index (κ2) is 4.63. The molecule has 1 atom stereocenters. The number of rotatable bonds is 4. The monoisotopic (exact) mass is 201 g/mol. The van der Waals surface area contributed by atoms with Crippen LogP contribution in [-0.2, 0) is 7.05 Å². The lowest BCUT2D eigenvalue weighted by molar-refractivity contribution is 0.498. The van der Waals surface area contributed by atoms with E-state index < -0.39 is 0 Å². The summed E-state index contributed by atoms with van der Waals surface area (Å²) in [5.74, 6) is 0. The van der Waals surface area contributed by atoms with Gasteiger partial charge in [-0.05, 0) is 13.0 Å². The van der Waals surface area contributed by atoms with Crippen molar-refractivity contribution < 1.29 is 0 Å². The Hall–Kier alpha value is -0.540. The molecule has 0 spiro atoms. The molecule has 0 aliphatic heterocycles. The van der Waals surface area contributed by atoms with E-state index in [1.165, 1.54) is 0 Å². The fraction of sp³-hybridized carbons (Fsp3) is 0.667. The van der Waals surface area contributed by atoms with Crippen molar-refractivity contribution in [1.82, 2.24) is 15.1 Å². The second-order valence-corrected chi connectivity index (χ2v) is 3.43. The van der Waals surface area contributed by atoms with E-state index in [-0.39, 0.29) is 0 Å². The summed E-state index contributed by atoms with van der Waals surface area (Å²) in [6, 6.07) is 0.310. The fourth-order valence-electron chi connectivity index (χ4n) is 1.49. The average molecular weight is 202 g/mol. The van der Waals surface area contributed by atoms with Gasteiger partial charge < -0.3 is 5.32 Å². The fourth-order valence-corrected chi connectivity index (χ4v) is 1.79. The van der Waals surface area contributed by atoms with Gasteiger partial charge >= 0.3 is 0 Å². The molecule has 0 aliphatic rings. The Labute approximate surface area is 84.1 Å². The number of hydrogen-bond acceptors (Lipinski definition) is 2. The molecule has 0 radical (unpaired) electrons. The summed E-state index contributed by atoms with van der Waals surface area (Å²) in [6.07, 6.45) is 2.71. The van der Waals surface area contributed by atoms with Gasteiger partial charge in [0.15, 0.2) is 0 Å². The van der Waals surface area contributed by atoms with Crippen molar-refractivity contribution in [3.05, 3.63) is 16.9 Å². The minimum Gasteiger partial charge on any atom is -0.309 e. The lowest BCUT2D eigenvalue weighted by atomic mass is 10.1. The largest absolute Gasteiger partial charge is 0.309 e. The first-order valence-electron chi connectivity index (χ1n) is 4.61. The number of hydrogen-bond donors (Lipinski definition) is 1. The molecule has 3 nitrogen and oxygen atoms in total. The minimum absolute atomic E-state index is 0.310. The molecule has 0 aliphatic carbocycles.